The number of hydrogen-bond donors (Lipinski definition) is 1. The van der Waals surface area contributed by atoms with Crippen LogP contribution in [-0.2, 0) is 16.6 Å². The molecule has 1 atom stereocenters. The molecule has 4 rings (SSSR count). The number of nitrogens with one attached hydrogen (secondary N) is 1. The monoisotopic (exact) mass is 259 g/mol. The van der Waals surface area contributed by atoms with Gasteiger partial charge in [-0.15, -0.1) is 0 Å². The molecule has 0 amide bonds. The lowest BCUT2D eigenvalue weighted by atomic mass is 9.68. The molecular weight excluding hydrogens is 238 g/mol. The third-order valence-electron chi connectivity index (χ3n) is 5.04. The van der Waals surface area contributed by atoms with E-state index in [9.17, 15) is 0 Å². The molecule has 3 nitrogen and oxygen atoms in total. The first-order valence-electron chi connectivity index (χ1n) is 7.43. The van der Waals surface area contributed by atoms with E-state index in [-0.39, 0.29) is 5.41 Å². The summed E-state index contributed by atoms with van der Waals surface area (Å²) in [5.74, 6) is 1.82. The van der Waals surface area contributed by atoms with Crippen LogP contribution in [0.15, 0.2) is 18.2 Å². The summed E-state index contributed by atoms with van der Waals surface area (Å²) in [4.78, 5) is 0. The van der Waals surface area contributed by atoms with Crippen molar-refractivity contribution >= 4 is 0 Å². The van der Waals surface area contributed by atoms with Crippen molar-refractivity contribution in [3.8, 4) is 5.75 Å². The quantitative estimate of drug-likeness (QED) is 0.880. The Bertz CT molecular complexity index is 476. The lowest BCUT2D eigenvalue weighted by Gasteiger charge is -2.46. The Morgan fingerprint density at radius 1 is 1.26 bits per heavy atom. The Kier molecular flexibility index (Phi) is 2.78. The van der Waals surface area contributed by atoms with Gasteiger partial charge in [0.25, 0.3) is 0 Å². The zero-order chi connectivity index (χ0) is 12.7. The average molecular weight is 259 g/mol. The molecule has 3 aliphatic heterocycles. The van der Waals surface area contributed by atoms with Gasteiger partial charge in [-0.05, 0) is 55.5 Å². The molecule has 3 heterocycles. The maximum atomic E-state index is 5.72. The fraction of sp³-hybridized carbons (Fsp3) is 0.625. The van der Waals surface area contributed by atoms with Gasteiger partial charge in [-0.3, -0.25) is 0 Å². The summed E-state index contributed by atoms with van der Waals surface area (Å²) in [6, 6.07) is 6.83. The number of fused-ring (bicyclic) bond motifs is 1. The minimum Gasteiger partial charge on any atom is -0.493 e. The smallest absolute Gasteiger partial charge is 0.122 e. The number of rotatable bonds is 2. The zero-order valence-electron chi connectivity index (χ0n) is 11.3. The summed E-state index contributed by atoms with van der Waals surface area (Å²) in [5, 5.41) is 3.50. The van der Waals surface area contributed by atoms with E-state index < -0.39 is 0 Å². The van der Waals surface area contributed by atoms with Crippen LogP contribution < -0.4 is 10.1 Å². The van der Waals surface area contributed by atoms with Crippen molar-refractivity contribution in [1.29, 1.82) is 0 Å². The second-order valence-electron chi connectivity index (χ2n) is 6.11. The van der Waals surface area contributed by atoms with Gasteiger partial charge >= 0.3 is 0 Å². The molecule has 0 bridgehead atoms. The normalized spacial score (nSPS) is 28.3. The molecule has 2 fully saturated rings. The third kappa shape index (κ3) is 1.79. The minimum atomic E-state index is 0.260. The Morgan fingerprint density at radius 2 is 2.21 bits per heavy atom. The van der Waals surface area contributed by atoms with E-state index in [1.807, 2.05) is 0 Å². The Morgan fingerprint density at radius 3 is 2.95 bits per heavy atom. The highest BCUT2D eigenvalue weighted by Gasteiger charge is 2.47. The molecule has 1 unspecified atom stereocenters. The Balaban J connectivity index is 1.70. The highest BCUT2D eigenvalue weighted by atomic mass is 16.5. The molecular formula is C16H21NO2. The van der Waals surface area contributed by atoms with Crippen LogP contribution in [0.25, 0.3) is 0 Å². The summed E-state index contributed by atoms with van der Waals surface area (Å²) in [6.07, 6.45) is 3.57. The van der Waals surface area contributed by atoms with Gasteiger partial charge in [0.2, 0.25) is 0 Å². The fourth-order valence-electron chi connectivity index (χ4n) is 3.76. The van der Waals surface area contributed by atoms with Crippen molar-refractivity contribution < 1.29 is 9.47 Å². The zero-order valence-corrected chi connectivity index (χ0v) is 11.3. The lowest BCUT2D eigenvalue weighted by Crippen LogP contribution is -2.53. The van der Waals surface area contributed by atoms with Gasteiger partial charge in [0.1, 0.15) is 5.75 Å². The maximum absolute atomic E-state index is 5.72. The van der Waals surface area contributed by atoms with Gasteiger partial charge in [-0.1, -0.05) is 12.1 Å². The summed E-state index contributed by atoms with van der Waals surface area (Å²) in [7, 11) is 0. The molecule has 2 saturated heterocycles. The van der Waals surface area contributed by atoms with Crippen molar-refractivity contribution in [2.75, 3.05) is 32.9 Å². The predicted octanol–water partition coefficient (Wildman–Crippen LogP) is 1.89. The molecule has 1 aromatic carbocycles. The molecule has 3 heteroatoms. The molecule has 19 heavy (non-hydrogen) atoms. The van der Waals surface area contributed by atoms with Crippen molar-refractivity contribution in [2.45, 2.75) is 24.7 Å². The van der Waals surface area contributed by atoms with Gasteiger partial charge in [-0.2, -0.15) is 0 Å². The number of aryl methyl sites for hydroxylation is 1. The first-order valence-corrected chi connectivity index (χ1v) is 7.43. The van der Waals surface area contributed by atoms with E-state index >= 15 is 0 Å². The van der Waals surface area contributed by atoms with Gasteiger partial charge in [0, 0.05) is 5.41 Å². The standard InChI is InChI=1S/C16H21NO2/c1-2-12-8-13(3-4-15(12)19-7-1)16(10-18-11-16)14-5-6-17-9-14/h3-4,8,14,17H,1-2,5-7,9-11H2. The SMILES string of the molecule is c1cc2c(cc1C1(C3CCNC3)COC1)CCCO2. The van der Waals surface area contributed by atoms with Crippen LogP contribution in [0.3, 0.4) is 0 Å². The minimum absolute atomic E-state index is 0.260. The van der Waals surface area contributed by atoms with E-state index in [1.54, 1.807) is 0 Å². The first-order chi connectivity index (χ1) is 9.38. The molecule has 0 aliphatic carbocycles. The first kappa shape index (κ1) is 11.7. The molecule has 1 aromatic rings. The summed E-state index contributed by atoms with van der Waals surface area (Å²) >= 11 is 0. The molecule has 0 radical (unpaired) electrons. The van der Waals surface area contributed by atoms with Gasteiger partial charge < -0.3 is 14.8 Å². The van der Waals surface area contributed by atoms with Crippen LogP contribution in [0, 0.1) is 5.92 Å². The number of ether oxygens (including phenoxy) is 2. The van der Waals surface area contributed by atoms with E-state index in [1.165, 1.54) is 17.5 Å². The van der Waals surface area contributed by atoms with E-state index in [2.05, 4.69) is 23.5 Å². The van der Waals surface area contributed by atoms with Crippen LogP contribution in [0.1, 0.15) is 24.0 Å². The van der Waals surface area contributed by atoms with Crippen LogP contribution in [0.5, 0.6) is 5.75 Å². The van der Waals surface area contributed by atoms with Crippen molar-refractivity contribution in [3.63, 3.8) is 0 Å². The van der Waals surface area contributed by atoms with Crippen LogP contribution in [0.2, 0.25) is 0 Å². The lowest BCUT2D eigenvalue weighted by molar-refractivity contribution is -0.0869. The number of benzene rings is 1. The maximum Gasteiger partial charge on any atom is 0.122 e. The largest absolute Gasteiger partial charge is 0.493 e. The van der Waals surface area contributed by atoms with Gasteiger partial charge in [-0.25, -0.2) is 0 Å². The molecule has 0 spiro atoms. The average Bonchev–Trinajstić information content (AvgIpc) is 2.92. The van der Waals surface area contributed by atoms with E-state index in [0.717, 1.165) is 57.4 Å². The summed E-state index contributed by atoms with van der Waals surface area (Å²) in [5.41, 5.74) is 3.12. The van der Waals surface area contributed by atoms with Crippen LogP contribution in [-0.4, -0.2) is 32.9 Å². The van der Waals surface area contributed by atoms with Crippen LogP contribution >= 0.6 is 0 Å². The van der Waals surface area contributed by atoms with Gasteiger partial charge in [0.15, 0.2) is 0 Å². The second-order valence-corrected chi connectivity index (χ2v) is 6.11. The van der Waals surface area contributed by atoms with E-state index in [4.69, 9.17) is 9.47 Å². The predicted molar refractivity (Wildman–Crippen MR) is 73.7 cm³/mol. The molecule has 0 saturated carbocycles. The van der Waals surface area contributed by atoms with Crippen molar-refractivity contribution in [3.05, 3.63) is 29.3 Å². The second kappa shape index (κ2) is 4.50. The van der Waals surface area contributed by atoms with Crippen LogP contribution in [0.4, 0.5) is 0 Å². The Labute approximate surface area is 114 Å². The number of hydrogen-bond acceptors (Lipinski definition) is 3. The van der Waals surface area contributed by atoms with Gasteiger partial charge in [0.05, 0.1) is 19.8 Å². The summed E-state index contributed by atoms with van der Waals surface area (Å²) in [6.45, 7) is 4.93. The Hall–Kier alpha value is -1.06. The molecule has 0 aromatic heterocycles. The summed E-state index contributed by atoms with van der Waals surface area (Å²) < 4.78 is 11.3. The topological polar surface area (TPSA) is 30.5 Å². The fourth-order valence-corrected chi connectivity index (χ4v) is 3.76. The third-order valence-corrected chi connectivity index (χ3v) is 5.04. The molecule has 3 aliphatic rings. The van der Waals surface area contributed by atoms with Crippen molar-refractivity contribution in [1.82, 2.24) is 5.32 Å². The highest BCUT2D eigenvalue weighted by molar-refractivity contribution is 5.42. The highest BCUT2D eigenvalue weighted by Crippen LogP contribution is 2.43. The van der Waals surface area contributed by atoms with E-state index in [0.29, 0.717) is 0 Å². The molecule has 102 valence electrons. The van der Waals surface area contributed by atoms with Crippen molar-refractivity contribution in [2.24, 2.45) is 5.92 Å². The molecule has 1 N–H and O–H groups in total.